The average molecular weight is 365 g/mol. The first-order valence-corrected chi connectivity index (χ1v) is 9.41. The van der Waals surface area contributed by atoms with Crippen LogP contribution in [0.2, 0.25) is 10.0 Å². The number of piperidine rings is 1. The summed E-state index contributed by atoms with van der Waals surface area (Å²) in [7, 11) is -3.71. The minimum absolute atomic E-state index is 0.0239. The summed E-state index contributed by atoms with van der Waals surface area (Å²) in [4.78, 5) is 0.0239. The van der Waals surface area contributed by atoms with Gasteiger partial charge in [-0.2, -0.15) is 0 Å². The zero-order valence-electron chi connectivity index (χ0n) is 13.2. The zero-order chi connectivity index (χ0) is 16.8. The van der Waals surface area contributed by atoms with E-state index in [1.165, 1.54) is 12.1 Å². The highest BCUT2D eigenvalue weighted by Crippen LogP contribution is 2.31. The van der Waals surface area contributed by atoms with Gasteiger partial charge in [-0.1, -0.05) is 23.2 Å². The molecular formula is C15H22Cl2N2O2S. The Hall–Kier alpha value is -0.330. The van der Waals surface area contributed by atoms with Gasteiger partial charge in [-0.25, -0.2) is 13.1 Å². The molecule has 124 valence electrons. The first kappa shape index (κ1) is 18.0. The molecule has 1 aliphatic heterocycles. The van der Waals surface area contributed by atoms with Gasteiger partial charge in [-0.15, -0.1) is 0 Å². The molecule has 1 saturated heterocycles. The Labute approximate surface area is 142 Å². The lowest BCUT2D eigenvalue weighted by atomic mass is 9.80. The second kappa shape index (κ2) is 5.95. The van der Waals surface area contributed by atoms with Crippen LogP contribution in [0.5, 0.6) is 0 Å². The molecule has 0 aromatic heterocycles. The van der Waals surface area contributed by atoms with Crippen LogP contribution in [0.3, 0.4) is 0 Å². The third-order valence-electron chi connectivity index (χ3n) is 3.69. The van der Waals surface area contributed by atoms with Crippen molar-refractivity contribution in [1.29, 1.82) is 0 Å². The molecule has 1 aromatic carbocycles. The Morgan fingerprint density at radius 1 is 1.14 bits per heavy atom. The van der Waals surface area contributed by atoms with E-state index in [-0.39, 0.29) is 27.0 Å². The fourth-order valence-corrected chi connectivity index (χ4v) is 5.37. The molecule has 0 radical (unpaired) electrons. The van der Waals surface area contributed by atoms with E-state index in [1.807, 2.05) is 0 Å². The van der Waals surface area contributed by atoms with Crippen LogP contribution in [0.15, 0.2) is 23.1 Å². The lowest BCUT2D eigenvalue weighted by Crippen LogP contribution is -2.62. The van der Waals surface area contributed by atoms with Crippen LogP contribution in [0.4, 0.5) is 0 Å². The third kappa shape index (κ3) is 4.36. The van der Waals surface area contributed by atoms with E-state index in [4.69, 9.17) is 23.2 Å². The summed E-state index contributed by atoms with van der Waals surface area (Å²) >= 11 is 11.9. The van der Waals surface area contributed by atoms with Crippen LogP contribution in [0.25, 0.3) is 0 Å². The third-order valence-corrected chi connectivity index (χ3v) is 5.93. The van der Waals surface area contributed by atoms with Gasteiger partial charge in [0.25, 0.3) is 0 Å². The van der Waals surface area contributed by atoms with Gasteiger partial charge in [-0.05, 0) is 58.7 Å². The van der Waals surface area contributed by atoms with Gasteiger partial charge < -0.3 is 5.32 Å². The van der Waals surface area contributed by atoms with Crippen molar-refractivity contribution in [3.05, 3.63) is 28.2 Å². The number of sulfonamides is 1. The molecule has 0 bridgehead atoms. The number of benzene rings is 1. The summed E-state index contributed by atoms with van der Waals surface area (Å²) < 4.78 is 28.0. The van der Waals surface area contributed by atoms with Crippen molar-refractivity contribution in [2.45, 2.75) is 62.6 Å². The van der Waals surface area contributed by atoms with E-state index >= 15 is 0 Å². The number of hydrogen-bond acceptors (Lipinski definition) is 3. The highest BCUT2D eigenvalue weighted by atomic mass is 35.5. The predicted octanol–water partition coefficient (Wildman–Crippen LogP) is 3.58. The molecule has 0 unspecified atom stereocenters. The molecule has 0 saturated carbocycles. The fourth-order valence-electron chi connectivity index (χ4n) is 3.37. The van der Waals surface area contributed by atoms with E-state index in [0.29, 0.717) is 17.9 Å². The molecule has 0 spiro atoms. The second-order valence-electron chi connectivity index (χ2n) is 7.19. The largest absolute Gasteiger partial charge is 0.307 e. The first-order valence-electron chi connectivity index (χ1n) is 7.17. The van der Waals surface area contributed by atoms with Crippen molar-refractivity contribution < 1.29 is 8.42 Å². The summed E-state index contributed by atoms with van der Waals surface area (Å²) in [5.41, 5.74) is -0.292. The quantitative estimate of drug-likeness (QED) is 0.861. The molecule has 1 fully saturated rings. The lowest BCUT2D eigenvalue weighted by molar-refractivity contribution is 0.157. The van der Waals surface area contributed by atoms with Gasteiger partial charge in [0.1, 0.15) is 4.90 Å². The molecule has 2 rings (SSSR count). The first-order chi connectivity index (χ1) is 9.90. The van der Waals surface area contributed by atoms with Gasteiger partial charge in [0.15, 0.2) is 0 Å². The summed E-state index contributed by atoms with van der Waals surface area (Å²) in [5.74, 6) is 0. The highest BCUT2D eigenvalue weighted by Gasteiger charge is 2.39. The molecule has 4 nitrogen and oxygen atoms in total. The van der Waals surface area contributed by atoms with Crippen molar-refractivity contribution >= 4 is 33.2 Å². The van der Waals surface area contributed by atoms with E-state index in [2.05, 4.69) is 37.7 Å². The molecule has 7 heteroatoms. The smallest absolute Gasteiger partial charge is 0.242 e. The van der Waals surface area contributed by atoms with E-state index in [1.54, 1.807) is 6.07 Å². The summed E-state index contributed by atoms with van der Waals surface area (Å²) in [6.07, 6.45) is 1.40. The van der Waals surface area contributed by atoms with Crippen LogP contribution < -0.4 is 10.0 Å². The number of hydrogen-bond donors (Lipinski definition) is 2. The standard InChI is InChI=1S/C15H22Cl2N2O2S/c1-14(2)8-11(9-15(3,4)19-14)18-22(20,21)13-7-10(16)5-6-12(13)17/h5-7,11,18-19H,8-9H2,1-4H3. The van der Waals surface area contributed by atoms with E-state index in [9.17, 15) is 8.42 Å². The van der Waals surface area contributed by atoms with Crippen LogP contribution in [0, 0.1) is 0 Å². The van der Waals surface area contributed by atoms with Crippen molar-refractivity contribution in [1.82, 2.24) is 10.0 Å². The van der Waals surface area contributed by atoms with E-state index in [0.717, 1.165) is 0 Å². The maximum absolute atomic E-state index is 12.6. The maximum atomic E-state index is 12.6. The Bertz CT molecular complexity index is 656. The molecule has 1 heterocycles. The van der Waals surface area contributed by atoms with Gasteiger partial charge >= 0.3 is 0 Å². The van der Waals surface area contributed by atoms with Crippen LogP contribution >= 0.6 is 23.2 Å². The number of nitrogens with one attached hydrogen (secondary N) is 2. The number of halogens is 2. The van der Waals surface area contributed by atoms with Gasteiger partial charge in [0, 0.05) is 22.1 Å². The van der Waals surface area contributed by atoms with Gasteiger partial charge in [0.2, 0.25) is 10.0 Å². The highest BCUT2D eigenvalue weighted by molar-refractivity contribution is 7.89. The fraction of sp³-hybridized carbons (Fsp3) is 0.600. The Morgan fingerprint density at radius 3 is 2.23 bits per heavy atom. The Kier molecular flexibility index (Phi) is 4.87. The molecular weight excluding hydrogens is 343 g/mol. The molecule has 0 aliphatic carbocycles. The number of rotatable bonds is 3. The topological polar surface area (TPSA) is 58.2 Å². The minimum atomic E-state index is -3.71. The molecule has 22 heavy (non-hydrogen) atoms. The van der Waals surface area contributed by atoms with E-state index < -0.39 is 10.0 Å². The van der Waals surface area contributed by atoms with Gasteiger partial charge in [-0.3, -0.25) is 0 Å². The van der Waals surface area contributed by atoms with Crippen molar-refractivity contribution in [2.24, 2.45) is 0 Å². The van der Waals surface area contributed by atoms with Crippen LogP contribution in [-0.2, 0) is 10.0 Å². The predicted molar refractivity (Wildman–Crippen MR) is 91.1 cm³/mol. The van der Waals surface area contributed by atoms with Crippen molar-refractivity contribution in [3.8, 4) is 0 Å². The average Bonchev–Trinajstić information content (AvgIpc) is 2.27. The maximum Gasteiger partial charge on any atom is 0.242 e. The van der Waals surface area contributed by atoms with Crippen molar-refractivity contribution in [3.63, 3.8) is 0 Å². The second-order valence-corrected chi connectivity index (χ2v) is 9.72. The molecule has 2 N–H and O–H groups in total. The summed E-state index contributed by atoms with van der Waals surface area (Å²) in [6, 6.07) is 4.28. The van der Waals surface area contributed by atoms with Crippen LogP contribution in [0.1, 0.15) is 40.5 Å². The van der Waals surface area contributed by atoms with Crippen molar-refractivity contribution in [2.75, 3.05) is 0 Å². The molecule has 1 aliphatic rings. The minimum Gasteiger partial charge on any atom is -0.307 e. The normalized spacial score (nSPS) is 21.7. The zero-order valence-corrected chi connectivity index (χ0v) is 15.5. The summed E-state index contributed by atoms with van der Waals surface area (Å²) in [5, 5.41) is 4.04. The van der Waals surface area contributed by atoms with Crippen LogP contribution in [-0.4, -0.2) is 25.5 Å². The molecule has 0 atom stereocenters. The molecule has 1 aromatic rings. The SMILES string of the molecule is CC1(C)CC(NS(=O)(=O)c2cc(Cl)ccc2Cl)CC(C)(C)N1. The monoisotopic (exact) mass is 364 g/mol. The lowest BCUT2D eigenvalue weighted by Gasteiger charge is -2.46. The Balaban J connectivity index is 2.27. The summed E-state index contributed by atoms with van der Waals surface area (Å²) in [6.45, 7) is 8.28. The molecule has 0 amide bonds. The van der Waals surface area contributed by atoms with Gasteiger partial charge in [0.05, 0.1) is 5.02 Å². The Morgan fingerprint density at radius 2 is 1.68 bits per heavy atom.